The summed E-state index contributed by atoms with van der Waals surface area (Å²) < 4.78 is 24.5. The van der Waals surface area contributed by atoms with E-state index in [9.17, 15) is 8.42 Å². The van der Waals surface area contributed by atoms with Gasteiger partial charge in [-0.05, 0) is 24.6 Å². The van der Waals surface area contributed by atoms with Crippen LogP contribution in [-0.4, -0.2) is 30.7 Å². The van der Waals surface area contributed by atoms with Gasteiger partial charge in [-0.3, -0.25) is 0 Å². The van der Waals surface area contributed by atoms with E-state index in [0.717, 1.165) is 16.6 Å². The van der Waals surface area contributed by atoms with Gasteiger partial charge in [0, 0.05) is 11.4 Å². The number of fused-ring (bicyclic) bond motifs is 1. The minimum absolute atomic E-state index is 0.0211. The second-order valence-corrected chi connectivity index (χ2v) is 8.29. The minimum atomic E-state index is -3.29. The lowest BCUT2D eigenvalue weighted by Gasteiger charge is -2.07. The molecular weight excluding hydrogens is 330 g/mol. The number of anilines is 1. The van der Waals surface area contributed by atoms with E-state index in [2.05, 4.69) is 28.3 Å². The zero-order valence-corrected chi connectivity index (χ0v) is 14.3. The molecular formula is C16H17N3O2S2. The smallest absolute Gasteiger partial charge is 0.180 e. The van der Waals surface area contributed by atoms with Crippen molar-refractivity contribution in [3.05, 3.63) is 47.6 Å². The molecule has 0 saturated carbocycles. The molecule has 0 radical (unpaired) electrons. The van der Waals surface area contributed by atoms with E-state index in [1.807, 2.05) is 0 Å². The number of aryl methyl sites for hydroxylation is 1. The molecule has 1 aromatic carbocycles. The molecule has 0 atom stereocenters. The Bertz CT molecular complexity index is 905. The zero-order chi connectivity index (χ0) is 16.3. The van der Waals surface area contributed by atoms with Crippen molar-refractivity contribution in [1.29, 1.82) is 0 Å². The molecule has 0 unspecified atom stereocenters. The fourth-order valence-electron chi connectivity index (χ4n) is 2.27. The van der Waals surface area contributed by atoms with Crippen molar-refractivity contribution in [2.45, 2.75) is 18.2 Å². The van der Waals surface area contributed by atoms with E-state index < -0.39 is 9.84 Å². The van der Waals surface area contributed by atoms with Crippen LogP contribution in [0.1, 0.15) is 11.8 Å². The Kier molecular flexibility index (Phi) is 4.58. The Morgan fingerprint density at radius 1 is 1.17 bits per heavy atom. The van der Waals surface area contributed by atoms with Crippen LogP contribution >= 0.6 is 11.3 Å². The maximum Gasteiger partial charge on any atom is 0.180 e. The molecule has 0 spiro atoms. The molecule has 0 saturated heterocycles. The van der Waals surface area contributed by atoms with Gasteiger partial charge in [-0.2, -0.15) is 0 Å². The van der Waals surface area contributed by atoms with Gasteiger partial charge in [0.15, 0.2) is 9.84 Å². The Morgan fingerprint density at radius 3 is 2.70 bits per heavy atom. The molecule has 0 aliphatic carbocycles. The van der Waals surface area contributed by atoms with E-state index in [4.69, 9.17) is 0 Å². The van der Waals surface area contributed by atoms with E-state index in [-0.39, 0.29) is 5.75 Å². The number of thiophene rings is 1. The second-order valence-electron chi connectivity index (χ2n) is 5.07. The van der Waals surface area contributed by atoms with Gasteiger partial charge in [0.2, 0.25) is 0 Å². The highest BCUT2D eigenvalue weighted by atomic mass is 32.2. The summed E-state index contributed by atoms with van der Waals surface area (Å²) in [5, 5.41) is 4.08. The maximum atomic E-state index is 12.3. The Balaban J connectivity index is 1.73. The van der Waals surface area contributed by atoms with Crippen LogP contribution < -0.4 is 5.32 Å². The number of hydrogen-bond acceptors (Lipinski definition) is 6. The first-order valence-corrected chi connectivity index (χ1v) is 9.82. The molecule has 3 aromatic rings. The normalized spacial score (nSPS) is 11.7. The average Bonchev–Trinajstić information content (AvgIpc) is 3.00. The zero-order valence-electron chi connectivity index (χ0n) is 12.7. The maximum absolute atomic E-state index is 12.3. The fourth-order valence-corrected chi connectivity index (χ4v) is 4.38. The monoisotopic (exact) mass is 347 g/mol. The van der Waals surface area contributed by atoms with Gasteiger partial charge >= 0.3 is 0 Å². The summed E-state index contributed by atoms with van der Waals surface area (Å²) in [6, 6.07) is 10.6. The molecule has 5 nitrogen and oxygen atoms in total. The third-order valence-electron chi connectivity index (χ3n) is 3.49. The predicted molar refractivity (Wildman–Crippen MR) is 93.8 cm³/mol. The van der Waals surface area contributed by atoms with E-state index in [1.54, 1.807) is 41.7 Å². The SMILES string of the molecule is CCc1cc2c(NCCS(=O)(=O)c3ccccc3)ncnc2s1. The lowest BCUT2D eigenvalue weighted by atomic mass is 10.3. The van der Waals surface area contributed by atoms with E-state index in [0.29, 0.717) is 17.3 Å². The van der Waals surface area contributed by atoms with Gasteiger partial charge in [-0.15, -0.1) is 11.3 Å². The third kappa shape index (κ3) is 3.51. The van der Waals surface area contributed by atoms with Crippen molar-refractivity contribution in [1.82, 2.24) is 9.97 Å². The summed E-state index contributed by atoms with van der Waals surface area (Å²) in [5.74, 6) is 0.710. The number of sulfone groups is 1. The van der Waals surface area contributed by atoms with Gasteiger partial charge in [0.1, 0.15) is 17.0 Å². The molecule has 0 amide bonds. The molecule has 2 aromatic heterocycles. The molecule has 0 bridgehead atoms. The first-order chi connectivity index (χ1) is 11.1. The van der Waals surface area contributed by atoms with E-state index >= 15 is 0 Å². The van der Waals surface area contributed by atoms with Crippen LogP contribution in [0.25, 0.3) is 10.2 Å². The molecule has 0 aliphatic heterocycles. The van der Waals surface area contributed by atoms with Gasteiger partial charge in [0.25, 0.3) is 0 Å². The summed E-state index contributed by atoms with van der Waals surface area (Å²) in [4.78, 5) is 11.0. The molecule has 120 valence electrons. The molecule has 23 heavy (non-hydrogen) atoms. The fraction of sp³-hybridized carbons (Fsp3) is 0.250. The quantitative estimate of drug-likeness (QED) is 0.742. The second kappa shape index (κ2) is 6.64. The van der Waals surface area contributed by atoms with Crippen molar-refractivity contribution < 1.29 is 8.42 Å². The number of nitrogens with one attached hydrogen (secondary N) is 1. The van der Waals surface area contributed by atoms with Gasteiger partial charge in [0.05, 0.1) is 16.0 Å². The van der Waals surface area contributed by atoms with Gasteiger partial charge in [-0.1, -0.05) is 25.1 Å². The predicted octanol–water partition coefficient (Wildman–Crippen LogP) is 3.14. The summed E-state index contributed by atoms with van der Waals surface area (Å²) in [5.41, 5.74) is 0. The average molecular weight is 347 g/mol. The van der Waals surface area contributed by atoms with Crippen LogP contribution in [0.15, 0.2) is 47.6 Å². The lowest BCUT2D eigenvalue weighted by molar-refractivity contribution is 0.596. The lowest BCUT2D eigenvalue weighted by Crippen LogP contribution is -2.16. The van der Waals surface area contributed by atoms with Crippen molar-refractivity contribution in [3.63, 3.8) is 0 Å². The highest BCUT2D eigenvalue weighted by Crippen LogP contribution is 2.28. The number of hydrogen-bond donors (Lipinski definition) is 1. The Morgan fingerprint density at radius 2 is 1.96 bits per heavy atom. The van der Waals surface area contributed by atoms with Crippen LogP contribution in [0, 0.1) is 0 Å². The highest BCUT2D eigenvalue weighted by Gasteiger charge is 2.14. The number of aromatic nitrogens is 2. The first kappa shape index (κ1) is 15.9. The number of nitrogens with zero attached hydrogens (tertiary/aromatic N) is 2. The van der Waals surface area contributed by atoms with Crippen LogP contribution in [-0.2, 0) is 16.3 Å². The van der Waals surface area contributed by atoms with Crippen molar-refractivity contribution >= 4 is 37.2 Å². The molecule has 7 heteroatoms. The van der Waals surface area contributed by atoms with Crippen LogP contribution in [0.3, 0.4) is 0 Å². The topological polar surface area (TPSA) is 72.0 Å². The van der Waals surface area contributed by atoms with Gasteiger partial charge in [-0.25, -0.2) is 18.4 Å². The molecule has 2 heterocycles. The van der Waals surface area contributed by atoms with Gasteiger partial charge < -0.3 is 5.32 Å². The Hall–Kier alpha value is -1.99. The number of benzene rings is 1. The van der Waals surface area contributed by atoms with Crippen molar-refractivity contribution in [3.8, 4) is 0 Å². The molecule has 3 rings (SSSR count). The highest BCUT2D eigenvalue weighted by molar-refractivity contribution is 7.91. The number of rotatable bonds is 6. The summed E-state index contributed by atoms with van der Waals surface area (Å²) in [6.07, 6.45) is 2.45. The minimum Gasteiger partial charge on any atom is -0.368 e. The van der Waals surface area contributed by atoms with E-state index in [1.165, 1.54) is 11.2 Å². The Labute approximate surface area is 139 Å². The first-order valence-electron chi connectivity index (χ1n) is 7.35. The molecule has 1 N–H and O–H groups in total. The van der Waals surface area contributed by atoms with Crippen LogP contribution in [0.5, 0.6) is 0 Å². The molecule has 0 fully saturated rings. The third-order valence-corrected chi connectivity index (χ3v) is 6.41. The molecule has 0 aliphatic rings. The summed E-state index contributed by atoms with van der Waals surface area (Å²) >= 11 is 1.64. The largest absolute Gasteiger partial charge is 0.368 e. The van der Waals surface area contributed by atoms with Crippen molar-refractivity contribution in [2.24, 2.45) is 0 Å². The standard InChI is InChI=1S/C16H17N3O2S2/c1-2-12-10-14-15(18-11-19-16(14)22-12)17-8-9-23(20,21)13-6-4-3-5-7-13/h3-7,10-11H,2,8-9H2,1H3,(H,17,18,19). The van der Waals surface area contributed by atoms with Crippen molar-refractivity contribution in [2.75, 3.05) is 17.6 Å². The summed E-state index contributed by atoms with van der Waals surface area (Å²) in [7, 11) is -3.29. The van der Waals surface area contributed by atoms with Crippen LogP contribution in [0.2, 0.25) is 0 Å². The summed E-state index contributed by atoms with van der Waals surface area (Å²) in [6.45, 7) is 2.40. The van der Waals surface area contributed by atoms with Crippen LogP contribution in [0.4, 0.5) is 5.82 Å².